The maximum atomic E-state index is 12.3. The molecular formula is C15H15N3O. The molecule has 4 nitrogen and oxygen atoms in total. The number of rotatable bonds is 1. The summed E-state index contributed by atoms with van der Waals surface area (Å²) in [5.74, 6) is 0. The molecule has 0 spiro atoms. The molecule has 96 valence electrons. The van der Waals surface area contributed by atoms with E-state index in [0.717, 1.165) is 22.6 Å². The molecule has 0 saturated carbocycles. The zero-order valence-electron chi connectivity index (χ0n) is 11.2. The first-order chi connectivity index (χ1) is 9.09. The Labute approximate surface area is 110 Å². The van der Waals surface area contributed by atoms with E-state index in [9.17, 15) is 4.79 Å². The Bertz CT molecular complexity index is 813. The van der Waals surface area contributed by atoms with Crippen LogP contribution in [0.3, 0.4) is 0 Å². The Kier molecular flexibility index (Phi) is 2.52. The van der Waals surface area contributed by atoms with Gasteiger partial charge in [-0.05, 0) is 32.0 Å². The quantitative estimate of drug-likeness (QED) is 0.668. The van der Waals surface area contributed by atoms with Gasteiger partial charge < -0.3 is 4.57 Å². The van der Waals surface area contributed by atoms with E-state index < -0.39 is 0 Å². The number of para-hydroxylation sites is 1. The van der Waals surface area contributed by atoms with Crippen LogP contribution in [-0.4, -0.2) is 14.3 Å². The van der Waals surface area contributed by atoms with Gasteiger partial charge in [-0.1, -0.05) is 18.2 Å². The van der Waals surface area contributed by atoms with Crippen molar-refractivity contribution in [2.24, 2.45) is 7.05 Å². The third-order valence-corrected chi connectivity index (χ3v) is 3.49. The van der Waals surface area contributed by atoms with Crippen molar-refractivity contribution < 1.29 is 0 Å². The predicted octanol–water partition coefficient (Wildman–Crippen LogP) is 2.34. The second-order valence-corrected chi connectivity index (χ2v) is 4.74. The van der Waals surface area contributed by atoms with Crippen molar-refractivity contribution in [1.82, 2.24) is 14.3 Å². The van der Waals surface area contributed by atoms with E-state index in [4.69, 9.17) is 0 Å². The zero-order chi connectivity index (χ0) is 13.6. The van der Waals surface area contributed by atoms with Crippen molar-refractivity contribution in [2.75, 3.05) is 0 Å². The summed E-state index contributed by atoms with van der Waals surface area (Å²) in [4.78, 5) is 12.3. The van der Waals surface area contributed by atoms with Gasteiger partial charge in [-0.15, -0.1) is 0 Å². The zero-order valence-corrected chi connectivity index (χ0v) is 11.2. The largest absolute Gasteiger partial charge is 0.315 e. The molecule has 0 fully saturated rings. The first kappa shape index (κ1) is 11.7. The topological polar surface area (TPSA) is 39.8 Å². The lowest BCUT2D eigenvalue weighted by Crippen LogP contribution is -2.19. The van der Waals surface area contributed by atoms with Gasteiger partial charge in [-0.25, -0.2) is 4.68 Å². The molecule has 2 heterocycles. The summed E-state index contributed by atoms with van der Waals surface area (Å²) in [6.45, 7) is 3.80. The summed E-state index contributed by atoms with van der Waals surface area (Å²) in [7, 11) is 1.79. The lowest BCUT2D eigenvalue weighted by atomic mass is 10.2. The van der Waals surface area contributed by atoms with Crippen molar-refractivity contribution in [3.8, 4) is 5.69 Å². The number of fused-ring (bicyclic) bond motifs is 1. The number of aryl methyl sites for hydroxylation is 2. The smallest absolute Gasteiger partial charge is 0.261 e. The van der Waals surface area contributed by atoms with Crippen LogP contribution in [0.2, 0.25) is 0 Å². The fraction of sp³-hybridized carbons (Fsp3) is 0.200. The molecule has 3 rings (SSSR count). The molecule has 4 heteroatoms. The highest BCUT2D eigenvalue weighted by molar-refractivity contribution is 5.82. The second kappa shape index (κ2) is 4.09. The molecule has 0 aliphatic heterocycles. The van der Waals surface area contributed by atoms with Gasteiger partial charge in [-0.2, -0.15) is 5.10 Å². The number of hydrogen-bond acceptors (Lipinski definition) is 2. The van der Waals surface area contributed by atoms with Gasteiger partial charge in [0.2, 0.25) is 0 Å². The highest BCUT2D eigenvalue weighted by atomic mass is 16.1. The van der Waals surface area contributed by atoms with Gasteiger partial charge in [0.1, 0.15) is 0 Å². The van der Waals surface area contributed by atoms with Crippen molar-refractivity contribution in [1.29, 1.82) is 0 Å². The van der Waals surface area contributed by atoms with Crippen LogP contribution in [0.25, 0.3) is 16.6 Å². The maximum Gasteiger partial charge on any atom is 0.261 e. The fourth-order valence-electron chi connectivity index (χ4n) is 2.33. The first-order valence-corrected chi connectivity index (χ1v) is 6.21. The molecule has 0 aliphatic rings. The maximum absolute atomic E-state index is 12.3. The van der Waals surface area contributed by atoms with E-state index in [2.05, 4.69) is 5.10 Å². The Hall–Kier alpha value is -2.36. The molecular weight excluding hydrogens is 238 g/mol. The van der Waals surface area contributed by atoms with Crippen LogP contribution >= 0.6 is 0 Å². The van der Waals surface area contributed by atoms with Crippen LogP contribution in [0, 0.1) is 13.8 Å². The molecule has 0 bridgehead atoms. The van der Waals surface area contributed by atoms with Crippen molar-refractivity contribution in [3.63, 3.8) is 0 Å². The average Bonchev–Trinajstić information content (AvgIpc) is 2.74. The van der Waals surface area contributed by atoms with E-state index in [1.165, 1.54) is 0 Å². The second-order valence-electron chi connectivity index (χ2n) is 4.74. The highest BCUT2D eigenvalue weighted by Gasteiger charge is 2.14. The summed E-state index contributed by atoms with van der Waals surface area (Å²) in [5, 5.41) is 5.20. The van der Waals surface area contributed by atoms with E-state index >= 15 is 0 Å². The van der Waals surface area contributed by atoms with Gasteiger partial charge in [0.25, 0.3) is 5.56 Å². The SMILES string of the molecule is Cc1nn(-c2ccccc2)c2cc(C)n(C)c(=O)c12. The summed E-state index contributed by atoms with van der Waals surface area (Å²) in [6.07, 6.45) is 0. The molecule has 19 heavy (non-hydrogen) atoms. The number of pyridine rings is 1. The molecule has 0 amide bonds. The molecule has 0 unspecified atom stereocenters. The number of hydrogen-bond donors (Lipinski definition) is 0. The number of benzene rings is 1. The minimum atomic E-state index is 0.00896. The van der Waals surface area contributed by atoms with Crippen LogP contribution in [0.5, 0.6) is 0 Å². The summed E-state index contributed by atoms with van der Waals surface area (Å²) >= 11 is 0. The standard InChI is InChI=1S/C15H15N3O/c1-10-9-13-14(15(19)17(10)3)11(2)16-18(13)12-7-5-4-6-8-12/h4-9H,1-3H3. The molecule has 1 aromatic carbocycles. The highest BCUT2D eigenvalue weighted by Crippen LogP contribution is 2.19. The first-order valence-electron chi connectivity index (χ1n) is 6.21. The normalized spacial score (nSPS) is 11.1. The Balaban J connectivity index is 2.44. The van der Waals surface area contributed by atoms with Gasteiger partial charge in [0.15, 0.2) is 0 Å². The van der Waals surface area contributed by atoms with Gasteiger partial charge in [0, 0.05) is 12.7 Å². The van der Waals surface area contributed by atoms with Crippen LogP contribution in [-0.2, 0) is 7.05 Å². The lowest BCUT2D eigenvalue weighted by Gasteiger charge is -2.06. The molecule has 0 saturated heterocycles. The third-order valence-electron chi connectivity index (χ3n) is 3.49. The van der Waals surface area contributed by atoms with Crippen LogP contribution in [0.4, 0.5) is 0 Å². The predicted molar refractivity (Wildman–Crippen MR) is 75.8 cm³/mol. The molecule has 0 radical (unpaired) electrons. The van der Waals surface area contributed by atoms with Crippen LogP contribution in [0.1, 0.15) is 11.4 Å². The van der Waals surface area contributed by atoms with Crippen molar-refractivity contribution in [3.05, 3.63) is 58.1 Å². The van der Waals surface area contributed by atoms with E-state index in [0.29, 0.717) is 5.39 Å². The number of aromatic nitrogens is 3. The minimum absolute atomic E-state index is 0.00896. The molecule has 3 aromatic rings. The van der Waals surface area contributed by atoms with E-state index in [1.54, 1.807) is 11.6 Å². The summed E-state index contributed by atoms with van der Waals surface area (Å²) in [6, 6.07) is 11.9. The molecule has 0 N–H and O–H groups in total. The van der Waals surface area contributed by atoms with Gasteiger partial charge >= 0.3 is 0 Å². The third kappa shape index (κ3) is 1.68. The van der Waals surface area contributed by atoms with Crippen LogP contribution < -0.4 is 5.56 Å². The minimum Gasteiger partial charge on any atom is -0.315 e. The monoisotopic (exact) mass is 253 g/mol. The summed E-state index contributed by atoms with van der Waals surface area (Å²) < 4.78 is 3.49. The molecule has 0 aliphatic carbocycles. The summed E-state index contributed by atoms with van der Waals surface area (Å²) in [5.41, 5.74) is 3.53. The van der Waals surface area contributed by atoms with E-state index in [-0.39, 0.29) is 5.56 Å². The Morgan fingerprint density at radius 3 is 2.47 bits per heavy atom. The average molecular weight is 253 g/mol. The Morgan fingerprint density at radius 1 is 1.11 bits per heavy atom. The van der Waals surface area contributed by atoms with Gasteiger partial charge in [-0.3, -0.25) is 4.79 Å². The lowest BCUT2D eigenvalue weighted by molar-refractivity contribution is 0.828. The van der Waals surface area contributed by atoms with Gasteiger partial charge in [0.05, 0.1) is 22.3 Å². The fourth-order valence-corrected chi connectivity index (χ4v) is 2.33. The van der Waals surface area contributed by atoms with Crippen LogP contribution in [0.15, 0.2) is 41.2 Å². The van der Waals surface area contributed by atoms with E-state index in [1.807, 2.05) is 54.9 Å². The van der Waals surface area contributed by atoms with Crippen molar-refractivity contribution in [2.45, 2.75) is 13.8 Å². The number of nitrogens with zero attached hydrogens (tertiary/aromatic N) is 3. The Morgan fingerprint density at radius 2 is 1.79 bits per heavy atom. The molecule has 0 atom stereocenters. The van der Waals surface area contributed by atoms with Crippen molar-refractivity contribution >= 4 is 10.9 Å². The molecule has 2 aromatic heterocycles.